The lowest BCUT2D eigenvalue weighted by atomic mass is 10.0. The molecule has 2 aliphatic heterocycles. The van der Waals surface area contributed by atoms with Gasteiger partial charge >= 0.3 is 0 Å². The standard InChI is InChI=1S/C19H17N3O3/c23-19-15(14-5-1-2-6-16(14)20-19)11-13-7-8-17(18(12-13)22(24)25)21-9-3-4-10-21/h1-2,5-8,11-12H,3-4,9-10H2,(H,20,23). The van der Waals surface area contributed by atoms with Crippen molar-refractivity contribution >= 4 is 34.6 Å². The van der Waals surface area contributed by atoms with E-state index < -0.39 is 0 Å². The number of carbonyl (C=O) groups is 1. The predicted octanol–water partition coefficient (Wildman–Crippen LogP) is 3.69. The van der Waals surface area contributed by atoms with Gasteiger partial charge in [0, 0.05) is 36.0 Å². The molecule has 0 aromatic heterocycles. The zero-order valence-corrected chi connectivity index (χ0v) is 13.6. The maximum absolute atomic E-state index is 12.2. The number of nitro benzene ring substituents is 1. The summed E-state index contributed by atoms with van der Waals surface area (Å²) in [5.74, 6) is -0.188. The molecule has 4 rings (SSSR count). The van der Waals surface area contributed by atoms with E-state index in [0.29, 0.717) is 16.8 Å². The fourth-order valence-electron chi connectivity index (χ4n) is 3.45. The Morgan fingerprint density at radius 1 is 1.12 bits per heavy atom. The number of anilines is 2. The molecule has 0 bridgehead atoms. The molecule has 0 unspecified atom stereocenters. The van der Waals surface area contributed by atoms with Crippen LogP contribution in [-0.2, 0) is 4.79 Å². The molecule has 0 atom stereocenters. The number of amides is 1. The molecule has 6 nitrogen and oxygen atoms in total. The third-order valence-corrected chi connectivity index (χ3v) is 4.66. The summed E-state index contributed by atoms with van der Waals surface area (Å²) in [6.07, 6.45) is 3.82. The quantitative estimate of drug-likeness (QED) is 0.527. The van der Waals surface area contributed by atoms with Crippen LogP contribution in [0.15, 0.2) is 42.5 Å². The molecule has 2 aliphatic rings. The molecule has 0 spiro atoms. The van der Waals surface area contributed by atoms with E-state index >= 15 is 0 Å². The largest absolute Gasteiger partial charge is 0.366 e. The minimum Gasteiger partial charge on any atom is -0.366 e. The first-order chi connectivity index (χ1) is 12.1. The van der Waals surface area contributed by atoms with Crippen molar-refractivity contribution in [2.24, 2.45) is 0 Å². The van der Waals surface area contributed by atoms with Crippen LogP contribution in [0.1, 0.15) is 24.0 Å². The Morgan fingerprint density at radius 2 is 1.88 bits per heavy atom. The van der Waals surface area contributed by atoms with Crippen LogP contribution < -0.4 is 10.2 Å². The number of nitrogens with zero attached hydrogens (tertiary/aromatic N) is 2. The number of fused-ring (bicyclic) bond motifs is 1. The van der Waals surface area contributed by atoms with Gasteiger partial charge < -0.3 is 10.2 Å². The first kappa shape index (κ1) is 15.4. The molecule has 0 aliphatic carbocycles. The zero-order valence-electron chi connectivity index (χ0n) is 13.6. The summed E-state index contributed by atoms with van der Waals surface area (Å²) in [6, 6.07) is 12.6. The highest BCUT2D eigenvalue weighted by molar-refractivity contribution is 6.34. The van der Waals surface area contributed by atoms with Crippen molar-refractivity contribution in [2.75, 3.05) is 23.3 Å². The molecule has 25 heavy (non-hydrogen) atoms. The van der Waals surface area contributed by atoms with Gasteiger partial charge in [0.05, 0.1) is 4.92 Å². The first-order valence-electron chi connectivity index (χ1n) is 8.29. The van der Waals surface area contributed by atoms with Crippen molar-refractivity contribution in [3.05, 3.63) is 63.7 Å². The number of hydrogen-bond acceptors (Lipinski definition) is 4. The molecule has 1 N–H and O–H groups in total. The summed E-state index contributed by atoms with van der Waals surface area (Å²) < 4.78 is 0. The number of carbonyl (C=O) groups excluding carboxylic acids is 1. The lowest BCUT2D eigenvalue weighted by Crippen LogP contribution is -2.18. The van der Waals surface area contributed by atoms with Gasteiger partial charge in [-0.3, -0.25) is 14.9 Å². The van der Waals surface area contributed by atoms with Gasteiger partial charge in [-0.05, 0) is 36.6 Å². The lowest BCUT2D eigenvalue weighted by molar-refractivity contribution is -0.384. The second-order valence-corrected chi connectivity index (χ2v) is 6.26. The summed E-state index contributed by atoms with van der Waals surface area (Å²) in [7, 11) is 0. The van der Waals surface area contributed by atoms with Crippen molar-refractivity contribution in [3.8, 4) is 0 Å². The van der Waals surface area contributed by atoms with E-state index in [1.165, 1.54) is 0 Å². The van der Waals surface area contributed by atoms with Crippen LogP contribution in [0.4, 0.5) is 17.1 Å². The van der Waals surface area contributed by atoms with Crippen molar-refractivity contribution in [1.82, 2.24) is 0 Å². The van der Waals surface area contributed by atoms with Crippen molar-refractivity contribution in [2.45, 2.75) is 12.8 Å². The molecule has 0 saturated carbocycles. The minimum atomic E-state index is -0.349. The second kappa shape index (κ2) is 6.05. The lowest BCUT2D eigenvalue weighted by Gasteiger charge is -2.17. The van der Waals surface area contributed by atoms with E-state index in [1.54, 1.807) is 18.2 Å². The van der Waals surface area contributed by atoms with Gasteiger partial charge in [-0.2, -0.15) is 0 Å². The van der Waals surface area contributed by atoms with Gasteiger partial charge in [0.2, 0.25) is 0 Å². The number of para-hydroxylation sites is 1. The normalized spacial score (nSPS) is 17.7. The van der Waals surface area contributed by atoms with Gasteiger partial charge in [-0.15, -0.1) is 0 Å². The van der Waals surface area contributed by atoms with E-state index in [2.05, 4.69) is 5.32 Å². The van der Waals surface area contributed by atoms with E-state index in [9.17, 15) is 14.9 Å². The van der Waals surface area contributed by atoms with Crippen molar-refractivity contribution in [3.63, 3.8) is 0 Å². The number of benzene rings is 2. The molecule has 1 saturated heterocycles. The highest BCUT2D eigenvalue weighted by Crippen LogP contribution is 2.35. The highest BCUT2D eigenvalue weighted by Gasteiger charge is 2.25. The number of nitro groups is 1. The fourth-order valence-corrected chi connectivity index (χ4v) is 3.45. The predicted molar refractivity (Wildman–Crippen MR) is 97.5 cm³/mol. The molecule has 126 valence electrons. The SMILES string of the molecule is O=C1Nc2ccccc2C1=Cc1ccc(N2CCCC2)c([N+](=O)[O-])c1. The summed E-state index contributed by atoms with van der Waals surface area (Å²) in [5.41, 5.74) is 3.50. The Balaban J connectivity index is 1.75. The van der Waals surface area contributed by atoms with Crippen molar-refractivity contribution < 1.29 is 9.72 Å². The van der Waals surface area contributed by atoms with Gasteiger partial charge in [0.1, 0.15) is 5.69 Å². The van der Waals surface area contributed by atoms with Crippen molar-refractivity contribution in [1.29, 1.82) is 0 Å². The van der Waals surface area contributed by atoms with Crippen LogP contribution in [-0.4, -0.2) is 23.9 Å². The Morgan fingerprint density at radius 3 is 2.64 bits per heavy atom. The van der Waals surface area contributed by atoms with Gasteiger partial charge in [0.25, 0.3) is 11.6 Å². The number of nitrogens with one attached hydrogen (secondary N) is 1. The Labute approximate surface area is 144 Å². The summed E-state index contributed by atoms with van der Waals surface area (Å²) >= 11 is 0. The smallest absolute Gasteiger partial charge is 0.293 e. The fraction of sp³-hybridized carbons (Fsp3) is 0.211. The molecule has 1 fully saturated rings. The second-order valence-electron chi connectivity index (χ2n) is 6.26. The third kappa shape index (κ3) is 2.76. The Hall–Kier alpha value is -3.15. The Kier molecular flexibility index (Phi) is 3.72. The summed E-state index contributed by atoms with van der Waals surface area (Å²) in [6.45, 7) is 1.69. The minimum absolute atomic E-state index is 0.0861. The maximum Gasteiger partial charge on any atom is 0.293 e. The van der Waals surface area contributed by atoms with Gasteiger partial charge in [-0.1, -0.05) is 24.3 Å². The maximum atomic E-state index is 12.2. The zero-order chi connectivity index (χ0) is 17.4. The molecule has 0 radical (unpaired) electrons. The van der Waals surface area contributed by atoms with Crippen LogP contribution in [0, 0.1) is 10.1 Å². The van der Waals surface area contributed by atoms with E-state index in [-0.39, 0.29) is 16.5 Å². The molecular formula is C19H17N3O3. The van der Waals surface area contributed by atoms with Crippen LogP contribution in [0.5, 0.6) is 0 Å². The third-order valence-electron chi connectivity index (χ3n) is 4.66. The van der Waals surface area contributed by atoms with Crippen LogP contribution in [0.3, 0.4) is 0 Å². The van der Waals surface area contributed by atoms with Gasteiger partial charge in [0.15, 0.2) is 0 Å². The summed E-state index contributed by atoms with van der Waals surface area (Å²) in [5, 5.41) is 14.3. The molecule has 1 amide bonds. The topological polar surface area (TPSA) is 75.5 Å². The number of rotatable bonds is 3. The van der Waals surface area contributed by atoms with Crippen LogP contribution in [0.25, 0.3) is 11.6 Å². The van der Waals surface area contributed by atoms with E-state index in [1.807, 2.05) is 35.2 Å². The average Bonchev–Trinajstić information content (AvgIpc) is 3.24. The molecular weight excluding hydrogens is 318 g/mol. The number of hydrogen-bond donors (Lipinski definition) is 1. The molecule has 2 aromatic carbocycles. The molecule has 6 heteroatoms. The monoisotopic (exact) mass is 335 g/mol. The summed E-state index contributed by atoms with van der Waals surface area (Å²) in [4.78, 5) is 25.4. The van der Waals surface area contributed by atoms with Gasteiger partial charge in [-0.25, -0.2) is 0 Å². The molecule has 2 heterocycles. The first-order valence-corrected chi connectivity index (χ1v) is 8.29. The van der Waals surface area contributed by atoms with E-state index in [0.717, 1.165) is 37.2 Å². The molecule has 2 aromatic rings. The highest BCUT2D eigenvalue weighted by atomic mass is 16.6. The average molecular weight is 335 g/mol. The van der Waals surface area contributed by atoms with Crippen LogP contribution in [0.2, 0.25) is 0 Å². The van der Waals surface area contributed by atoms with E-state index in [4.69, 9.17) is 0 Å². The Bertz CT molecular complexity index is 899. The van der Waals surface area contributed by atoms with Crippen LogP contribution >= 0.6 is 0 Å².